The Morgan fingerprint density at radius 1 is 0.958 bits per heavy atom. The van der Waals surface area contributed by atoms with Crippen molar-refractivity contribution in [3.8, 4) is 11.1 Å². The molecule has 0 aliphatic heterocycles. The minimum atomic E-state index is -4.73. The van der Waals surface area contributed by atoms with Gasteiger partial charge in [0.1, 0.15) is 4.90 Å². The fourth-order valence-electron chi connectivity index (χ4n) is 2.23. The lowest BCUT2D eigenvalue weighted by molar-refractivity contribution is 0.0599. The van der Waals surface area contributed by atoms with Crippen LogP contribution >= 0.6 is 0 Å². The topological polar surface area (TPSA) is 107 Å². The van der Waals surface area contributed by atoms with Gasteiger partial charge in [-0.2, -0.15) is 8.42 Å². The van der Waals surface area contributed by atoms with Crippen LogP contribution in [0.5, 0.6) is 0 Å². The molecule has 2 aromatic rings. The number of carbonyl (C=O) groups is 2. The van der Waals surface area contributed by atoms with Crippen molar-refractivity contribution < 1.29 is 32.0 Å². The van der Waals surface area contributed by atoms with Gasteiger partial charge in [0.15, 0.2) is 0 Å². The largest absolute Gasteiger partial charge is 0.465 e. The van der Waals surface area contributed by atoms with Crippen LogP contribution in [-0.2, 0) is 19.6 Å². The van der Waals surface area contributed by atoms with Crippen LogP contribution in [0.4, 0.5) is 0 Å². The first kappa shape index (κ1) is 17.6. The van der Waals surface area contributed by atoms with Crippen molar-refractivity contribution in [2.45, 2.75) is 4.90 Å². The molecule has 0 aliphatic rings. The van der Waals surface area contributed by atoms with Crippen LogP contribution in [0.3, 0.4) is 0 Å². The van der Waals surface area contributed by atoms with Gasteiger partial charge in [-0.1, -0.05) is 30.3 Å². The van der Waals surface area contributed by atoms with Crippen LogP contribution in [0.2, 0.25) is 0 Å². The fraction of sp³-hybridized carbons (Fsp3) is 0.125. The van der Waals surface area contributed by atoms with E-state index in [9.17, 15) is 22.6 Å². The van der Waals surface area contributed by atoms with Gasteiger partial charge < -0.3 is 9.47 Å². The second-order valence-electron chi connectivity index (χ2n) is 4.72. The molecular weight excluding hydrogens is 336 g/mol. The molecule has 7 nitrogen and oxygen atoms in total. The predicted octanol–water partition coefficient (Wildman–Crippen LogP) is 2.17. The first-order valence-corrected chi connectivity index (χ1v) is 8.11. The maximum absolute atomic E-state index is 12.1. The summed E-state index contributed by atoms with van der Waals surface area (Å²) in [4.78, 5) is 23.3. The number of methoxy groups -OCH3 is 2. The van der Waals surface area contributed by atoms with Gasteiger partial charge in [0.25, 0.3) is 10.1 Å². The van der Waals surface area contributed by atoms with E-state index < -0.39 is 27.0 Å². The van der Waals surface area contributed by atoms with Crippen molar-refractivity contribution in [2.24, 2.45) is 0 Å². The molecule has 1 N–H and O–H groups in total. The zero-order valence-electron chi connectivity index (χ0n) is 12.8. The highest BCUT2D eigenvalue weighted by Gasteiger charge is 2.26. The Hall–Kier alpha value is -2.71. The lowest BCUT2D eigenvalue weighted by atomic mass is 9.97. The Bertz CT molecular complexity index is 886. The molecule has 0 bridgehead atoms. The number of hydrogen-bond acceptors (Lipinski definition) is 6. The number of rotatable bonds is 4. The summed E-state index contributed by atoms with van der Waals surface area (Å²) >= 11 is 0. The molecule has 0 saturated carbocycles. The smallest absolute Gasteiger partial charge is 0.338 e. The molecule has 0 aliphatic carbocycles. The van der Waals surface area contributed by atoms with Gasteiger partial charge in [0.2, 0.25) is 0 Å². The molecule has 24 heavy (non-hydrogen) atoms. The Morgan fingerprint density at radius 3 is 2.04 bits per heavy atom. The average Bonchev–Trinajstić information content (AvgIpc) is 2.59. The summed E-state index contributed by atoms with van der Waals surface area (Å²) in [7, 11) is -2.50. The van der Waals surface area contributed by atoms with Gasteiger partial charge in [-0.3, -0.25) is 4.55 Å². The molecule has 0 heterocycles. The van der Waals surface area contributed by atoms with Crippen molar-refractivity contribution >= 4 is 22.1 Å². The van der Waals surface area contributed by atoms with Crippen LogP contribution in [0.1, 0.15) is 20.7 Å². The highest BCUT2D eigenvalue weighted by atomic mass is 32.2. The van der Waals surface area contributed by atoms with E-state index in [1.54, 1.807) is 30.3 Å². The molecule has 0 spiro atoms. The van der Waals surface area contributed by atoms with Crippen LogP contribution in [-0.4, -0.2) is 39.1 Å². The standard InChI is InChI=1S/C16H14O7S/c1-22-15(17)11-8-12(16(18)23-2)14(10-6-4-3-5-7-10)13(9-11)24(19,20)21/h3-9H,1-2H3,(H,19,20,21). The molecule has 0 fully saturated rings. The summed E-state index contributed by atoms with van der Waals surface area (Å²) in [6.45, 7) is 0. The SMILES string of the molecule is COC(=O)c1cc(C(=O)OC)c(-c2ccccc2)c(S(=O)(=O)O)c1. The molecule has 0 unspecified atom stereocenters. The molecule has 126 valence electrons. The Morgan fingerprint density at radius 2 is 1.54 bits per heavy atom. The summed E-state index contributed by atoms with van der Waals surface area (Å²) in [5.41, 5.74) is -0.0797. The lowest BCUT2D eigenvalue weighted by Crippen LogP contribution is -2.13. The minimum absolute atomic E-state index is 0.0578. The third kappa shape index (κ3) is 3.44. The number of carbonyl (C=O) groups excluding carboxylic acids is 2. The first-order chi connectivity index (χ1) is 11.3. The summed E-state index contributed by atoms with van der Waals surface area (Å²) < 4.78 is 42.4. The number of esters is 2. The van der Waals surface area contributed by atoms with Crippen molar-refractivity contribution in [2.75, 3.05) is 14.2 Å². The van der Waals surface area contributed by atoms with E-state index in [0.717, 1.165) is 26.4 Å². The van der Waals surface area contributed by atoms with Gasteiger partial charge in [-0.15, -0.1) is 0 Å². The number of ether oxygens (including phenoxy) is 2. The van der Waals surface area contributed by atoms with Crippen LogP contribution < -0.4 is 0 Å². The summed E-state index contributed by atoms with van der Waals surface area (Å²) in [6, 6.07) is 10.2. The van der Waals surface area contributed by atoms with Gasteiger partial charge in [-0.25, -0.2) is 9.59 Å². The van der Waals surface area contributed by atoms with Crippen LogP contribution in [0.15, 0.2) is 47.4 Å². The second-order valence-corrected chi connectivity index (χ2v) is 6.11. The van der Waals surface area contributed by atoms with E-state index in [2.05, 4.69) is 9.47 Å². The van der Waals surface area contributed by atoms with Crippen molar-refractivity contribution in [3.63, 3.8) is 0 Å². The summed E-state index contributed by atoms with van der Waals surface area (Å²) in [6.07, 6.45) is 0. The molecule has 0 amide bonds. The minimum Gasteiger partial charge on any atom is -0.465 e. The van der Waals surface area contributed by atoms with Crippen LogP contribution in [0, 0.1) is 0 Å². The third-order valence-electron chi connectivity index (χ3n) is 3.27. The van der Waals surface area contributed by atoms with Gasteiger partial charge >= 0.3 is 11.9 Å². The Balaban J connectivity index is 2.93. The molecule has 0 radical (unpaired) electrons. The van der Waals surface area contributed by atoms with E-state index in [1.165, 1.54) is 0 Å². The molecule has 2 rings (SSSR count). The maximum Gasteiger partial charge on any atom is 0.338 e. The Labute approximate surface area is 138 Å². The number of hydrogen-bond donors (Lipinski definition) is 1. The summed E-state index contributed by atoms with van der Waals surface area (Å²) in [5, 5.41) is 0. The first-order valence-electron chi connectivity index (χ1n) is 6.67. The quantitative estimate of drug-likeness (QED) is 0.665. The molecular formula is C16H14O7S. The van der Waals surface area contributed by atoms with E-state index in [4.69, 9.17) is 0 Å². The van der Waals surface area contributed by atoms with Gasteiger partial charge in [0.05, 0.1) is 25.3 Å². The highest BCUT2D eigenvalue weighted by molar-refractivity contribution is 7.86. The van der Waals surface area contributed by atoms with E-state index >= 15 is 0 Å². The second kappa shape index (κ2) is 6.81. The molecule has 2 aromatic carbocycles. The third-order valence-corrected chi connectivity index (χ3v) is 4.15. The maximum atomic E-state index is 12.1. The van der Waals surface area contributed by atoms with Gasteiger partial charge in [-0.05, 0) is 17.7 Å². The molecule has 0 atom stereocenters. The van der Waals surface area contributed by atoms with E-state index in [-0.39, 0.29) is 16.7 Å². The predicted molar refractivity (Wildman–Crippen MR) is 84.4 cm³/mol. The average molecular weight is 350 g/mol. The van der Waals surface area contributed by atoms with Crippen molar-refractivity contribution in [1.29, 1.82) is 0 Å². The summed E-state index contributed by atoms with van der Waals surface area (Å²) in [5.74, 6) is -1.71. The highest BCUT2D eigenvalue weighted by Crippen LogP contribution is 2.33. The van der Waals surface area contributed by atoms with Crippen molar-refractivity contribution in [1.82, 2.24) is 0 Å². The monoisotopic (exact) mass is 350 g/mol. The number of benzene rings is 2. The zero-order chi connectivity index (χ0) is 17.9. The Kier molecular flexibility index (Phi) is 5.01. The zero-order valence-corrected chi connectivity index (χ0v) is 13.7. The van der Waals surface area contributed by atoms with Crippen molar-refractivity contribution in [3.05, 3.63) is 53.6 Å². The van der Waals surface area contributed by atoms with Crippen LogP contribution in [0.25, 0.3) is 11.1 Å². The van der Waals surface area contributed by atoms with E-state index in [1.807, 2.05) is 0 Å². The van der Waals surface area contributed by atoms with Gasteiger partial charge in [0, 0.05) is 5.56 Å². The lowest BCUT2D eigenvalue weighted by Gasteiger charge is -2.14. The molecule has 8 heteroatoms. The normalized spacial score (nSPS) is 11.0. The molecule has 0 aromatic heterocycles. The van der Waals surface area contributed by atoms with E-state index in [0.29, 0.717) is 5.56 Å². The molecule has 0 saturated heterocycles. The fourth-order valence-corrected chi connectivity index (χ4v) is 2.99.